The summed E-state index contributed by atoms with van der Waals surface area (Å²) in [6, 6.07) is 13.9. The molecule has 2 rings (SSSR count). The van der Waals surface area contributed by atoms with Crippen molar-refractivity contribution in [3.05, 3.63) is 62.5 Å². The Labute approximate surface area is 142 Å². The lowest BCUT2D eigenvalue weighted by atomic mass is 9.99. The zero-order valence-corrected chi connectivity index (χ0v) is 15.1. The van der Waals surface area contributed by atoms with Gasteiger partial charge in [0.1, 0.15) is 5.75 Å². The first-order valence-electron chi connectivity index (χ1n) is 6.69. The van der Waals surface area contributed by atoms with E-state index in [1.807, 2.05) is 56.3 Å². The van der Waals surface area contributed by atoms with Gasteiger partial charge in [-0.1, -0.05) is 50.1 Å². The summed E-state index contributed by atoms with van der Waals surface area (Å²) in [5, 5.41) is 0. The Hall–Kier alpha value is -0.880. The topological polar surface area (TPSA) is 47.3 Å². The molecule has 0 aliphatic rings. The van der Waals surface area contributed by atoms with Gasteiger partial charge in [-0.25, -0.2) is 5.43 Å². The number of nitrogens with two attached hydrogens (primary N) is 1. The van der Waals surface area contributed by atoms with Crippen LogP contribution in [0.15, 0.2) is 51.4 Å². The monoisotopic (exact) mass is 412 g/mol. The first-order valence-corrected chi connectivity index (χ1v) is 8.27. The third-order valence-corrected chi connectivity index (χ3v) is 4.21. The lowest BCUT2D eigenvalue weighted by Gasteiger charge is -2.19. The molecule has 0 bridgehead atoms. The Morgan fingerprint density at radius 3 is 2.24 bits per heavy atom. The largest absolute Gasteiger partial charge is 0.491 e. The van der Waals surface area contributed by atoms with Crippen LogP contribution >= 0.6 is 31.9 Å². The first-order chi connectivity index (χ1) is 10.0. The van der Waals surface area contributed by atoms with Crippen molar-refractivity contribution in [3.8, 4) is 5.75 Å². The van der Waals surface area contributed by atoms with Crippen molar-refractivity contribution in [2.75, 3.05) is 0 Å². The summed E-state index contributed by atoms with van der Waals surface area (Å²) in [4.78, 5) is 0. The highest BCUT2D eigenvalue weighted by molar-refractivity contribution is 9.11. The van der Waals surface area contributed by atoms with Crippen molar-refractivity contribution in [2.24, 2.45) is 5.84 Å². The zero-order valence-electron chi connectivity index (χ0n) is 11.9. The van der Waals surface area contributed by atoms with Gasteiger partial charge in [0.2, 0.25) is 0 Å². The van der Waals surface area contributed by atoms with E-state index in [1.54, 1.807) is 0 Å². The molecule has 1 unspecified atom stereocenters. The number of halogens is 2. The van der Waals surface area contributed by atoms with E-state index in [9.17, 15) is 0 Å². The lowest BCUT2D eigenvalue weighted by Crippen LogP contribution is -2.29. The SMILES string of the molecule is CC(C)Oc1ccc(C(NN)c2ccc(Br)cc2Br)cc1. The number of benzene rings is 2. The average Bonchev–Trinajstić information content (AvgIpc) is 2.43. The number of rotatable bonds is 5. The molecule has 0 saturated carbocycles. The second-order valence-corrected chi connectivity index (χ2v) is 6.77. The molecule has 0 aliphatic carbocycles. The molecule has 0 radical (unpaired) electrons. The minimum absolute atomic E-state index is 0.0828. The minimum Gasteiger partial charge on any atom is -0.491 e. The van der Waals surface area contributed by atoms with E-state index in [0.717, 1.165) is 25.8 Å². The van der Waals surface area contributed by atoms with Crippen molar-refractivity contribution in [1.82, 2.24) is 5.43 Å². The fourth-order valence-electron chi connectivity index (χ4n) is 2.11. The van der Waals surface area contributed by atoms with Crippen LogP contribution in [0, 0.1) is 0 Å². The molecular weight excluding hydrogens is 396 g/mol. The van der Waals surface area contributed by atoms with Crippen LogP contribution in [0.25, 0.3) is 0 Å². The van der Waals surface area contributed by atoms with E-state index in [1.165, 1.54) is 0 Å². The van der Waals surface area contributed by atoms with Gasteiger partial charge in [-0.05, 0) is 49.2 Å². The number of hydrogen-bond acceptors (Lipinski definition) is 3. The van der Waals surface area contributed by atoms with Crippen molar-refractivity contribution < 1.29 is 4.74 Å². The van der Waals surface area contributed by atoms with Gasteiger partial charge < -0.3 is 4.74 Å². The Bertz CT molecular complexity index is 600. The van der Waals surface area contributed by atoms with Crippen LogP contribution in [-0.2, 0) is 0 Å². The second-order valence-electron chi connectivity index (χ2n) is 5.00. The van der Waals surface area contributed by atoms with Gasteiger partial charge in [-0.15, -0.1) is 0 Å². The summed E-state index contributed by atoms with van der Waals surface area (Å²) in [7, 11) is 0. The quantitative estimate of drug-likeness (QED) is 0.558. The maximum atomic E-state index is 5.75. The zero-order chi connectivity index (χ0) is 15.4. The maximum Gasteiger partial charge on any atom is 0.119 e. The highest BCUT2D eigenvalue weighted by atomic mass is 79.9. The smallest absolute Gasteiger partial charge is 0.119 e. The predicted octanol–water partition coefficient (Wildman–Crippen LogP) is 4.55. The van der Waals surface area contributed by atoms with Crippen LogP contribution < -0.4 is 16.0 Å². The number of hydrogen-bond donors (Lipinski definition) is 2. The molecule has 21 heavy (non-hydrogen) atoms. The van der Waals surface area contributed by atoms with E-state index < -0.39 is 0 Å². The highest BCUT2D eigenvalue weighted by Gasteiger charge is 2.15. The van der Waals surface area contributed by atoms with E-state index in [-0.39, 0.29) is 12.1 Å². The van der Waals surface area contributed by atoms with Crippen molar-refractivity contribution in [3.63, 3.8) is 0 Å². The Morgan fingerprint density at radius 2 is 1.71 bits per heavy atom. The van der Waals surface area contributed by atoms with Crippen LogP contribution in [0.4, 0.5) is 0 Å². The molecule has 3 nitrogen and oxygen atoms in total. The second kappa shape index (κ2) is 7.40. The normalized spacial score (nSPS) is 12.5. The van der Waals surface area contributed by atoms with Gasteiger partial charge in [0.15, 0.2) is 0 Å². The number of ether oxygens (including phenoxy) is 1. The van der Waals surface area contributed by atoms with E-state index >= 15 is 0 Å². The van der Waals surface area contributed by atoms with Gasteiger partial charge >= 0.3 is 0 Å². The highest BCUT2D eigenvalue weighted by Crippen LogP contribution is 2.31. The van der Waals surface area contributed by atoms with Crippen LogP contribution in [0.1, 0.15) is 31.0 Å². The molecular formula is C16H18Br2N2O. The van der Waals surface area contributed by atoms with Crippen molar-refractivity contribution >= 4 is 31.9 Å². The summed E-state index contributed by atoms with van der Waals surface area (Å²) in [6.45, 7) is 4.02. The summed E-state index contributed by atoms with van der Waals surface area (Å²) >= 11 is 7.04. The standard InChI is InChI=1S/C16H18Br2N2O/c1-10(2)21-13-6-3-11(4-7-13)16(20-19)14-8-5-12(17)9-15(14)18/h3-10,16,20H,19H2,1-2H3. The van der Waals surface area contributed by atoms with E-state index in [0.29, 0.717) is 0 Å². The third-order valence-electron chi connectivity index (χ3n) is 3.03. The summed E-state index contributed by atoms with van der Waals surface area (Å²) in [5.41, 5.74) is 5.03. The average molecular weight is 414 g/mol. The lowest BCUT2D eigenvalue weighted by molar-refractivity contribution is 0.242. The molecule has 5 heteroatoms. The fourth-order valence-corrected chi connectivity index (χ4v) is 3.39. The van der Waals surface area contributed by atoms with Gasteiger partial charge in [0.05, 0.1) is 12.1 Å². The number of hydrazine groups is 1. The van der Waals surface area contributed by atoms with Crippen molar-refractivity contribution in [2.45, 2.75) is 26.0 Å². The van der Waals surface area contributed by atoms with E-state index in [4.69, 9.17) is 10.6 Å². The summed E-state index contributed by atoms with van der Waals surface area (Å²) in [5.74, 6) is 6.61. The molecule has 0 spiro atoms. The maximum absolute atomic E-state index is 5.75. The molecule has 0 aliphatic heterocycles. The first kappa shape index (κ1) is 16.5. The van der Waals surface area contributed by atoms with Gasteiger partial charge in [-0.3, -0.25) is 5.84 Å². The van der Waals surface area contributed by atoms with E-state index in [2.05, 4.69) is 37.3 Å². The molecule has 0 heterocycles. The summed E-state index contributed by atoms with van der Waals surface area (Å²) in [6.07, 6.45) is 0.167. The Balaban J connectivity index is 2.28. The Kier molecular flexibility index (Phi) is 5.81. The Morgan fingerprint density at radius 1 is 1.05 bits per heavy atom. The van der Waals surface area contributed by atoms with Crippen LogP contribution in [0.5, 0.6) is 5.75 Å². The molecule has 0 amide bonds. The number of nitrogens with one attached hydrogen (secondary N) is 1. The van der Waals surface area contributed by atoms with Gasteiger partial charge in [0.25, 0.3) is 0 Å². The predicted molar refractivity (Wildman–Crippen MR) is 93.2 cm³/mol. The molecule has 0 fully saturated rings. The van der Waals surface area contributed by atoms with Crippen LogP contribution in [0.3, 0.4) is 0 Å². The molecule has 0 aromatic heterocycles. The molecule has 0 saturated heterocycles. The molecule has 1 atom stereocenters. The van der Waals surface area contributed by atoms with Gasteiger partial charge in [0, 0.05) is 8.95 Å². The minimum atomic E-state index is -0.0828. The fraction of sp³-hybridized carbons (Fsp3) is 0.250. The molecule has 3 N–H and O–H groups in total. The van der Waals surface area contributed by atoms with Crippen LogP contribution in [-0.4, -0.2) is 6.10 Å². The molecule has 2 aromatic rings. The molecule has 112 valence electrons. The van der Waals surface area contributed by atoms with Gasteiger partial charge in [-0.2, -0.15) is 0 Å². The third kappa shape index (κ3) is 4.30. The van der Waals surface area contributed by atoms with Crippen LogP contribution in [0.2, 0.25) is 0 Å². The molecule has 2 aromatic carbocycles. The van der Waals surface area contributed by atoms with Crippen molar-refractivity contribution in [1.29, 1.82) is 0 Å². The summed E-state index contributed by atoms with van der Waals surface area (Å²) < 4.78 is 7.69.